The summed E-state index contributed by atoms with van der Waals surface area (Å²) >= 11 is 0. The molecule has 116 valence electrons. The second-order valence-electron chi connectivity index (χ2n) is 4.93. The highest BCUT2D eigenvalue weighted by Gasteiger charge is 2.05. The van der Waals surface area contributed by atoms with Gasteiger partial charge >= 0.3 is 5.97 Å². The van der Waals surface area contributed by atoms with Gasteiger partial charge in [0.05, 0.1) is 19.8 Å². The van der Waals surface area contributed by atoms with Crippen LogP contribution >= 0.6 is 0 Å². The van der Waals surface area contributed by atoms with E-state index < -0.39 is 0 Å². The Bertz CT molecular complexity index is 478. The van der Waals surface area contributed by atoms with Crippen molar-refractivity contribution in [3.05, 3.63) is 29.8 Å². The van der Waals surface area contributed by atoms with Gasteiger partial charge in [-0.2, -0.15) is 0 Å². The van der Waals surface area contributed by atoms with Gasteiger partial charge in [-0.1, -0.05) is 19.4 Å². The predicted octanol–water partition coefficient (Wildman–Crippen LogP) is 3.84. The van der Waals surface area contributed by atoms with Crippen LogP contribution < -0.4 is 9.47 Å². The Kier molecular flexibility index (Phi) is 7.37. The van der Waals surface area contributed by atoms with Crippen molar-refractivity contribution in [2.75, 3.05) is 13.7 Å². The van der Waals surface area contributed by atoms with Crippen LogP contribution in [-0.2, 0) is 9.53 Å². The molecule has 4 nitrogen and oxygen atoms in total. The minimum atomic E-state index is -0.354. The average molecular weight is 292 g/mol. The monoisotopic (exact) mass is 292 g/mol. The van der Waals surface area contributed by atoms with Crippen molar-refractivity contribution in [2.24, 2.45) is 0 Å². The Morgan fingerprint density at radius 2 is 2.05 bits per heavy atom. The summed E-state index contributed by atoms with van der Waals surface area (Å²) in [5, 5.41) is 0. The van der Waals surface area contributed by atoms with Crippen LogP contribution in [0.15, 0.2) is 24.3 Å². The summed E-state index contributed by atoms with van der Waals surface area (Å²) in [6, 6.07) is 5.56. The predicted molar refractivity (Wildman–Crippen MR) is 83.7 cm³/mol. The number of hydrogen-bond donors (Lipinski definition) is 0. The fourth-order valence-electron chi connectivity index (χ4n) is 1.67. The number of hydrogen-bond acceptors (Lipinski definition) is 4. The van der Waals surface area contributed by atoms with Crippen molar-refractivity contribution < 1.29 is 19.0 Å². The maximum Gasteiger partial charge on any atom is 0.331 e. The van der Waals surface area contributed by atoms with Gasteiger partial charge in [0.15, 0.2) is 11.5 Å². The first-order valence-corrected chi connectivity index (χ1v) is 7.26. The zero-order valence-corrected chi connectivity index (χ0v) is 13.2. The molecular formula is C17H24O4. The maximum absolute atomic E-state index is 11.5. The summed E-state index contributed by atoms with van der Waals surface area (Å²) < 4.78 is 16.0. The third kappa shape index (κ3) is 6.34. The summed E-state index contributed by atoms with van der Waals surface area (Å²) in [6.45, 7) is 6.42. The van der Waals surface area contributed by atoms with Crippen LogP contribution in [0.3, 0.4) is 0 Å². The van der Waals surface area contributed by atoms with Gasteiger partial charge < -0.3 is 14.2 Å². The van der Waals surface area contributed by atoms with Crippen molar-refractivity contribution in [3.8, 4) is 11.5 Å². The molecule has 0 fully saturated rings. The van der Waals surface area contributed by atoms with Crippen LogP contribution in [-0.4, -0.2) is 25.8 Å². The van der Waals surface area contributed by atoms with Gasteiger partial charge in [0.2, 0.25) is 0 Å². The topological polar surface area (TPSA) is 44.8 Å². The maximum atomic E-state index is 11.5. The molecule has 1 aromatic carbocycles. The Morgan fingerprint density at radius 1 is 1.29 bits per heavy atom. The highest BCUT2D eigenvalue weighted by atomic mass is 16.5. The Morgan fingerprint density at radius 3 is 2.67 bits per heavy atom. The van der Waals surface area contributed by atoms with E-state index in [0.29, 0.717) is 18.1 Å². The SMILES string of the molecule is CCCCOc1ccc(/C=C/C(=O)OC(C)C)cc1OC. The number of unbranched alkanes of at least 4 members (excludes halogenated alkanes) is 1. The molecule has 0 radical (unpaired) electrons. The van der Waals surface area contributed by atoms with Gasteiger partial charge in [0, 0.05) is 6.08 Å². The van der Waals surface area contributed by atoms with Crippen molar-refractivity contribution in [2.45, 2.75) is 39.7 Å². The number of carbonyl (C=O) groups is 1. The number of esters is 1. The molecule has 0 amide bonds. The lowest BCUT2D eigenvalue weighted by Gasteiger charge is -2.11. The first kappa shape index (κ1) is 17.1. The molecule has 0 heterocycles. The Labute approximate surface area is 126 Å². The van der Waals surface area contributed by atoms with E-state index in [4.69, 9.17) is 14.2 Å². The van der Waals surface area contributed by atoms with E-state index in [1.54, 1.807) is 13.2 Å². The molecule has 0 aliphatic rings. The van der Waals surface area contributed by atoms with E-state index in [1.165, 1.54) is 6.08 Å². The summed E-state index contributed by atoms with van der Waals surface area (Å²) in [5.74, 6) is 1.02. The van der Waals surface area contributed by atoms with E-state index in [9.17, 15) is 4.79 Å². The lowest BCUT2D eigenvalue weighted by atomic mass is 10.2. The van der Waals surface area contributed by atoms with Gasteiger partial charge in [-0.3, -0.25) is 0 Å². The molecule has 0 aliphatic heterocycles. The number of ether oxygens (including phenoxy) is 3. The summed E-state index contributed by atoms with van der Waals surface area (Å²) in [6.07, 6.45) is 5.08. The molecule has 1 rings (SSSR count). The van der Waals surface area contributed by atoms with E-state index in [-0.39, 0.29) is 12.1 Å². The second kappa shape index (κ2) is 9.06. The fraction of sp³-hybridized carbons (Fsp3) is 0.471. The van der Waals surface area contributed by atoms with Crippen LogP contribution in [0.5, 0.6) is 11.5 Å². The zero-order valence-electron chi connectivity index (χ0n) is 13.2. The smallest absolute Gasteiger partial charge is 0.331 e. The first-order chi connectivity index (χ1) is 10.1. The van der Waals surface area contributed by atoms with Crippen LogP contribution in [0, 0.1) is 0 Å². The highest BCUT2D eigenvalue weighted by Crippen LogP contribution is 2.28. The second-order valence-corrected chi connectivity index (χ2v) is 4.93. The number of methoxy groups -OCH3 is 1. The molecule has 1 aromatic rings. The van der Waals surface area contributed by atoms with Crippen LogP contribution in [0.2, 0.25) is 0 Å². The molecule has 21 heavy (non-hydrogen) atoms. The molecule has 0 bridgehead atoms. The number of rotatable bonds is 8. The molecule has 0 N–H and O–H groups in total. The summed E-state index contributed by atoms with van der Waals surface area (Å²) in [5.41, 5.74) is 0.857. The third-order valence-electron chi connectivity index (χ3n) is 2.71. The largest absolute Gasteiger partial charge is 0.493 e. The molecule has 0 saturated carbocycles. The lowest BCUT2D eigenvalue weighted by Crippen LogP contribution is -2.08. The van der Waals surface area contributed by atoms with E-state index in [2.05, 4.69) is 6.92 Å². The van der Waals surface area contributed by atoms with Gasteiger partial charge in [-0.25, -0.2) is 4.79 Å². The molecule has 0 aliphatic carbocycles. The average Bonchev–Trinajstić information content (AvgIpc) is 2.45. The van der Waals surface area contributed by atoms with E-state index in [1.807, 2.05) is 32.0 Å². The van der Waals surface area contributed by atoms with Crippen molar-refractivity contribution in [3.63, 3.8) is 0 Å². The Balaban J connectivity index is 2.72. The number of benzene rings is 1. The van der Waals surface area contributed by atoms with Gasteiger partial charge in [0.1, 0.15) is 0 Å². The summed E-state index contributed by atoms with van der Waals surface area (Å²) in [7, 11) is 1.60. The van der Waals surface area contributed by atoms with Crippen molar-refractivity contribution in [1.29, 1.82) is 0 Å². The van der Waals surface area contributed by atoms with Crippen LogP contribution in [0.25, 0.3) is 6.08 Å². The van der Waals surface area contributed by atoms with E-state index >= 15 is 0 Å². The fourth-order valence-corrected chi connectivity index (χ4v) is 1.67. The van der Waals surface area contributed by atoms with Gasteiger partial charge in [0.25, 0.3) is 0 Å². The quantitative estimate of drug-likeness (QED) is 0.415. The molecule has 0 atom stereocenters. The molecule has 0 saturated heterocycles. The zero-order chi connectivity index (χ0) is 15.7. The van der Waals surface area contributed by atoms with E-state index in [0.717, 1.165) is 18.4 Å². The van der Waals surface area contributed by atoms with Crippen molar-refractivity contribution >= 4 is 12.0 Å². The molecule has 4 heteroatoms. The lowest BCUT2D eigenvalue weighted by molar-refractivity contribution is -0.141. The Hall–Kier alpha value is -1.97. The highest BCUT2D eigenvalue weighted by molar-refractivity contribution is 5.87. The molecule has 0 unspecified atom stereocenters. The first-order valence-electron chi connectivity index (χ1n) is 7.26. The molecule has 0 aromatic heterocycles. The minimum Gasteiger partial charge on any atom is -0.493 e. The standard InChI is InChI=1S/C17H24O4/c1-5-6-11-20-15-9-7-14(12-16(15)19-4)8-10-17(18)21-13(2)3/h7-10,12-13H,5-6,11H2,1-4H3/b10-8+. The van der Waals surface area contributed by atoms with Crippen molar-refractivity contribution in [1.82, 2.24) is 0 Å². The number of carbonyl (C=O) groups excluding carboxylic acids is 1. The summed E-state index contributed by atoms with van der Waals surface area (Å²) in [4.78, 5) is 11.5. The van der Waals surface area contributed by atoms with Gasteiger partial charge in [-0.05, 0) is 44.0 Å². The van der Waals surface area contributed by atoms with Gasteiger partial charge in [-0.15, -0.1) is 0 Å². The normalized spacial score (nSPS) is 10.9. The third-order valence-corrected chi connectivity index (χ3v) is 2.71. The minimum absolute atomic E-state index is 0.119. The molecule has 0 spiro atoms. The van der Waals surface area contributed by atoms with Crippen LogP contribution in [0.1, 0.15) is 39.2 Å². The van der Waals surface area contributed by atoms with Crippen LogP contribution in [0.4, 0.5) is 0 Å². The molecular weight excluding hydrogens is 268 g/mol.